The normalized spacial score (nSPS) is 16.0. The summed E-state index contributed by atoms with van der Waals surface area (Å²) in [5.41, 5.74) is 8.66. The average molecular weight is 386 g/mol. The lowest BCUT2D eigenvalue weighted by Gasteiger charge is -2.41. The Morgan fingerprint density at radius 2 is 2.04 bits per heavy atom. The van der Waals surface area contributed by atoms with Gasteiger partial charge in [0.25, 0.3) is 5.91 Å². The van der Waals surface area contributed by atoms with E-state index in [1.807, 2.05) is 6.07 Å². The van der Waals surface area contributed by atoms with Crippen molar-refractivity contribution >= 4 is 44.5 Å². The van der Waals surface area contributed by atoms with Crippen LogP contribution in [0.2, 0.25) is 0 Å². The number of amides is 1. The van der Waals surface area contributed by atoms with Crippen molar-refractivity contribution in [2.45, 2.75) is 18.8 Å². The molecule has 3 N–H and O–H groups in total. The van der Waals surface area contributed by atoms with Gasteiger partial charge in [-0.2, -0.15) is 0 Å². The molecule has 5 heterocycles. The van der Waals surface area contributed by atoms with Crippen LogP contribution in [-0.2, 0) is 0 Å². The molecule has 0 unspecified atom stereocenters. The molecule has 6 rings (SSSR count). The van der Waals surface area contributed by atoms with Crippen LogP contribution in [0.15, 0.2) is 24.3 Å². The summed E-state index contributed by atoms with van der Waals surface area (Å²) < 4.78 is 26.9. The molecule has 138 valence electrons. The third kappa shape index (κ3) is 2.55. The van der Waals surface area contributed by atoms with E-state index in [0.29, 0.717) is 16.4 Å². The Kier molecular flexibility index (Phi) is 3.58. The van der Waals surface area contributed by atoms with E-state index in [1.165, 1.54) is 17.4 Å². The molecule has 0 aliphatic carbocycles. The van der Waals surface area contributed by atoms with Crippen LogP contribution < -0.4 is 16.0 Å². The Bertz CT molecular complexity index is 1090. The summed E-state index contributed by atoms with van der Waals surface area (Å²) in [5.74, 6) is -1.60. The van der Waals surface area contributed by atoms with Crippen LogP contribution in [-0.4, -0.2) is 24.0 Å². The molecular formula is C19H16F2N4OS. The summed E-state index contributed by atoms with van der Waals surface area (Å²) in [7, 11) is 0. The summed E-state index contributed by atoms with van der Waals surface area (Å²) in [6.45, 7) is 2.04. The number of nitrogens with zero attached hydrogens (tertiary/aromatic N) is 2. The number of halogens is 2. The molecule has 1 saturated heterocycles. The summed E-state index contributed by atoms with van der Waals surface area (Å²) in [5, 5.41) is 3.21. The zero-order valence-corrected chi connectivity index (χ0v) is 15.1. The van der Waals surface area contributed by atoms with Gasteiger partial charge in [-0.15, -0.1) is 11.3 Å². The highest BCUT2D eigenvalue weighted by Crippen LogP contribution is 2.45. The highest BCUT2D eigenvalue weighted by atomic mass is 32.1. The molecule has 1 fully saturated rings. The van der Waals surface area contributed by atoms with Gasteiger partial charge in [-0.1, -0.05) is 0 Å². The topological polar surface area (TPSA) is 71.2 Å². The van der Waals surface area contributed by atoms with E-state index in [1.54, 1.807) is 0 Å². The van der Waals surface area contributed by atoms with E-state index in [4.69, 9.17) is 10.7 Å². The van der Waals surface area contributed by atoms with E-state index < -0.39 is 17.5 Å². The number of pyridine rings is 1. The molecule has 3 aliphatic heterocycles. The maximum atomic E-state index is 13.8. The molecule has 0 saturated carbocycles. The highest BCUT2D eigenvalue weighted by Gasteiger charge is 2.33. The number of anilines is 3. The molecular weight excluding hydrogens is 370 g/mol. The monoisotopic (exact) mass is 386 g/mol. The van der Waals surface area contributed by atoms with E-state index in [-0.39, 0.29) is 10.6 Å². The first kappa shape index (κ1) is 16.4. The maximum absolute atomic E-state index is 13.8. The SMILES string of the molecule is Nc1c(C(=O)Nc2ccc(F)cc2F)sc2nc3c(cc12)N1CCC3CC1. The number of hydrogen-bond donors (Lipinski definition) is 2. The van der Waals surface area contributed by atoms with Crippen LogP contribution in [0.1, 0.15) is 34.1 Å². The first-order valence-corrected chi connectivity index (χ1v) is 9.57. The van der Waals surface area contributed by atoms with Crippen molar-refractivity contribution in [3.8, 4) is 0 Å². The van der Waals surface area contributed by atoms with Gasteiger partial charge >= 0.3 is 0 Å². The number of carbonyl (C=O) groups excluding carboxylic acids is 1. The summed E-state index contributed by atoms with van der Waals surface area (Å²) >= 11 is 1.20. The molecule has 27 heavy (non-hydrogen) atoms. The lowest BCUT2D eigenvalue weighted by Crippen LogP contribution is -2.39. The summed E-state index contributed by atoms with van der Waals surface area (Å²) in [6, 6.07) is 5.02. The van der Waals surface area contributed by atoms with Crippen LogP contribution in [0.3, 0.4) is 0 Å². The number of piperidine rings is 1. The van der Waals surface area contributed by atoms with Gasteiger partial charge in [0.2, 0.25) is 0 Å². The molecule has 0 spiro atoms. The maximum Gasteiger partial charge on any atom is 0.268 e. The lowest BCUT2D eigenvalue weighted by atomic mass is 9.86. The molecule has 5 nitrogen and oxygen atoms in total. The van der Waals surface area contributed by atoms with Gasteiger partial charge in [-0.05, 0) is 31.0 Å². The standard InChI is InChI=1S/C19H16F2N4OS/c20-10-1-2-13(12(21)7-10)23-18(26)17-15(22)11-8-14-16(24-19(11)27-17)9-3-5-25(14)6-4-9/h1-2,7-9H,3-6,22H2,(H,23,26). The van der Waals surface area contributed by atoms with Gasteiger partial charge in [-0.25, -0.2) is 13.8 Å². The zero-order valence-electron chi connectivity index (χ0n) is 14.3. The van der Waals surface area contributed by atoms with E-state index >= 15 is 0 Å². The smallest absolute Gasteiger partial charge is 0.268 e. The van der Waals surface area contributed by atoms with Crippen LogP contribution in [0.4, 0.5) is 25.8 Å². The highest BCUT2D eigenvalue weighted by molar-refractivity contribution is 7.21. The van der Waals surface area contributed by atoms with Gasteiger partial charge in [0.05, 0.1) is 22.8 Å². The fourth-order valence-corrected chi connectivity index (χ4v) is 4.91. The molecule has 2 bridgehead atoms. The molecule has 0 atom stereocenters. The number of aromatic nitrogens is 1. The van der Waals surface area contributed by atoms with Crippen molar-refractivity contribution in [1.29, 1.82) is 0 Å². The minimum absolute atomic E-state index is 0.0883. The second-order valence-corrected chi connectivity index (χ2v) is 7.93. The first-order valence-electron chi connectivity index (χ1n) is 8.75. The number of hydrogen-bond acceptors (Lipinski definition) is 5. The predicted octanol–water partition coefficient (Wildman–Crippen LogP) is 4.11. The Morgan fingerprint density at radius 3 is 2.78 bits per heavy atom. The molecule has 1 amide bonds. The number of nitrogens with two attached hydrogens (primary N) is 1. The second-order valence-electron chi connectivity index (χ2n) is 6.93. The van der Waals surface area contributed by atoms with Crippen molar-refractivity contribution in [3.63, 3.8) is 0 Å². The molecule has 8 heteroatoms. The van der Waals surface area contributed by atoms with Gasteiger partial charge in [0, 0.05) is 30.5 Å². The van der Waals surface area contributed by atoms with Crippen LogP contribution in [0.5, 0.6) is 0 Å². The Hall–Kier alpha value is -2.74. The van der Waals surface area contributed by atoms with E-state index in [9.17, 15) is 13.6 Å². The number of nitrogens with one attached hydrogen (secondary N) is 1. The molecule has 3 aliphatic rings. The van der Waals surface area contributed by atoms with E-state index in [0.717, 1.165) is 54.8 Å². The van der Waals surface area contributed by atoms with Crippen molar-refractivity contribution in [3.05, 3.63) is 46.5 Å². The van der Waals surface area contributed by atoms with Gasteiger partial charge < -0.3 is 16.0 Å². The predicted molar refractivity (Wildman–Crippen MR) is 103 cm³/mol. The molecule has 2 aromatic heterocycles. The minimum atomic E-state index is -0.832. The van der Waals surface area contributed by atoms with Crippen molar-refractivity contribution in [1.82, 2.24) is 4.98 Å². The minimum Gasteiger partial charge on any atom is -0.397 e. The number of fused-ring (bicyclic) bond motifs is 3. The third-order valence-electron chi connectivity index (χ3n) is 5.34. The number of carbonyl (C=O) groups is 1. The fourth-order valence-electron chi connectivity index (χ4n) is 3.93. The van der Waals surface area contributed by atoms with E-state index in [2.05, 4.69) is 10.2 Å². The van der Waals surface area contributed by atoms with Gasteiger partial charge in [-0.3, -0.25) is 4.79 Å². The average Bonchev–Trinajstić information content (AvgIpc) is 3.00. The van der Waals surface area contributed by atoms with Crippen molar-refractivity contribution < 1.29 is 13.6 Å². The molecule has 3 aromatic rings. The lowest BCUT2D eigenvalue weighted by molar-refractivity contribution is 0.103. The number of thiophene rings is 1. The summed E-state index contributed by atoms with van der Waals surface area (Å²) in [6.07, 6.45) is 2.20. The van der Waals surface area contributed by atoms with Gasteiger partial charge in [0.15, 0.2) is 0 Å². The Labute approximate surface area is 157 Å². The first-order chi connectivity index (χ1) is 13.0. The molecule has 0 radical (unpaired) electrons. The zero-order chi connectivity index (χ0) is 18.7. The largest absolute Gasteiger partial charge is 0.397 e. The Balaban J connectivity index is 1.54. The van der Waals surface area contributed by atoms with Crippen molar-refractivity contribution in [2.75, 3.05) is 29.0 Å². The number of nitrogen functional groups attached to an aromatic ring is 1. The fraction of sp³-hybridized carbons (Fsp3) is 0.263. The van der Waals surface area contributed by atoms with Crippen LogP contribution in [0, 0.1) is 11.6 Å². The number of benzene rings is 1. The third-order valence-corrected chi connectivity index (χ3v) is 6.45. The van der Waals surface area contributed by atoms with Crippen LogP contribution >= 0.6 is 11.3 Å². The molecule has 1 aromatic carbocycles. The quantitative estimate of drug-likeness (QED) is 0.695. The summed E-state index contributed by atoms with van der Waals surface area (Å²) in [4.78, 5) is 20.7. The second kappa shape index (κ2) is 5.88. The Morgan fingerprint density at radius 1 is 1.26 bits per heavy atom. The van der Waals surface area contributed by atoms with Crippen LogP contribution in [0.25, 0.3) is 10.2 Å². The number of rotatable bonds is 2. The van der Waals surface area contributed by atoms with Crippen molar-refractivity contribution in [2.24, 2.45) is 0 Å². The van der Waals surface area contributed by atoms with Gasteiger partial charge in [0.1, 0.15) is 21.3 Å².